The summed E-state index contributed by atoms with van der Waals surface area (Å²) in [4.78, 5) is 11.1. The molecule has 17 heavy (non-hydrogen) atoms. The van der Waals surface area contributed by atoms with E-state index in [9.17, 15) is 4.79 Å². The summed E-state index contributed by atoms with van der Waals surface area (Å²) >= 11 is 3.46. The Hall–Kier alpha value is -1.03. The predicted molar refractivity (Wildman–Crippen MR) is 73.5 cm³/mol. The molecule has 0 heterocycles. The van der Waals surface area contributed by atoms with E-state index in [1.807, 2.05) is 18.2 Å². The van der Waals surface area contributed by atoms with Crippen molar-refractivity contribution in [2.24, 2.45) is 0 Å². The van der Waals surface area contributed by atoms with Crippen LogP contribution in [0.25, 0.3) is 0 Å². The Balaban J connectivity index is 2.98. The molecular weight excluding hydrogens is 282 g/mol. The maximum absolute atomic E-state index is 11.1. The molecule has 94 valence electrons. The van der Waals surface area contributed by atoms with Gasteiger partial charge in [-0.25, -0.2) is 4.79 Å². The number of methoxy groups -OCH3 is 1. The van der Waals surface area contributed by atoms with Gasteiger partial charge in [0.2, 0.25) is 0 Å². The zero-order valence-electron chi connectivity index (χ0n) is 10.6. The number of carbonyl (C=O) groups is 1. The average Bonchev–Trinajstić information content (AvgIpc) is 2.31. The summed E-state index contributed by atoms with van der Waals surface area (Å²) < 4.78 is 5.42. The molecule has 1 amide bonds. The number of nitrogens with one attached hydrogen (secondary N) is 1. The van der Waals surface area contributed by atoms with E-state index in [0.29, 0.717) is 5.69 Å². The molecule has 0 unspecified atom stereocenters. The van der Waals surface area contributed by atoms with Gasteiger partial charge in [-0.05, 0) is 45.5 Å². The first kappa shape index (κ1) is 14.0. The summed E-state index contributed by atoms with van der Waals surface area (Å²) in [7, 11) is 1.35. The van der Waals surface area contributed by atoms with E-state index < -0.39 is 6.09 Å². The second kappa shape index (κ2) is 5.54. The standard InChI is InChI=1S/C13H18BrNO2/c1-5-13(2,3)9-6-7-11(10(14)8-9)15-12(16)17-4/h6-8H,5H2,1-4H3,(H,15,16). The molecule has 0 aromatic heterocycles. The highest BCUT2D eigenvalue weighted by atomic mass is 79.9. The van der Waals surface area contributed by atoms with E-state index in [0.717, 1.165) is 10.9 Å². The SMILES string of the molecule is CCC(C)(C)c1ccc(NC(=O)OC)c(Br)c1. The van der Waals surface area contributed by atoms with Gasteiger partial charge >= 0.3 is 6.09 Å². The highest BCUT2D eigenvalue weighted by Crippen LogP contribution is 2.32. The van der Waals surface area contributed by atoms with Crippen LogP contribution < -0.4 is 5.32 Å². The highest BCUT2D eigenvalue weighted by molar-refractivity contribution is 9.10. The Morgan fingerprint density at radius 1 is 1.47 bits per heavy atom. The maximum atomic E-state index is 11.1. The third-order valence-electron chi connectivity index (χ3n) is 3.06. The number of hydrogen-bond donors (Lipinski definition) is 1. The van der Waals surface area contributed by atoms with E-state index in [1.54, 1.807) is 0 Å². The smallest absolute Gasteiger partial charge is 0.411 e. The number of anilines is 1. The quantitative estimate of drug-likeness (QED) is 0.903. The van der Waals surface area contributed by atoms with Crippen LogP contribution in [0.5, 0.6) is 0 Å². The van der Waals surface area contributed by atoms with Crippen LogP contribution >= 0.6 is 15.9 Å². The summed E-state index contributed by atoms with van der Waals surface area (Å²) in [6.07, 6.45) is 0.594. The van der Waals surface area contributed by atoms with E-state index >= 15 is 0 Å². The molecule has 0 aliphatic carbocycles. The van der Waals surface area contributed by atoms with Gasteiger partial charge in [-0.15, -0.1) is 0 Å². The van der Waals surface area contributed by atoms with Crippen LogP contribution in [-0.2, 0) is 10.2 Å². The molecule has 0 bridgehead atoms. The zero-order valence-corrected chi connectivity index (χ0v) is 12.2. The van der Waals surface area contributed by atoms with Crippen molar-refractivity contribution in [2.75, 3.05) is 12.4 Å². The fraction of sp³-hybridized carbons (Fsp3) is 0.462. The summed E-state index contributed by atoms with van der Waals surface area (Å²) in [6.45, 7) is 6.55. The number of ether oxygens (including phenoxy) is 1. The monoisotopic (exact) mass is 299 g/mol. The minimum absolute atomic E-state index is 0.131. The van der Waals surface area contributed by atoms with Crippen LogP contribution in [0.2, 0.25) is 0 Å². The molecule has 4 heteroatoms. The molecule has 1 N–H and O–H groups in total. The van der Waals surface area contributed by atoms with Crippen molar-refractivity contribution in [3.05, 3.63) is 28.2 Å². The lowest BCUT2D eigenvalue weighted by atomic mass is 9.82. The van der Waals surface area contributed by atoms with Crippen LogP contribution in [-0.4, -0.2) is 13.2 Å². The maximum Gasteiger partial charge on any atom is 0.411 e. The number of benzene rings is 1. The molecule has 1 aromatic rings. The van der Waals surface area contributed by atoms with Crippen LogP contribution in [0.3, 0.4) is 0 Å². The number of halogens is 1. The molecule has 0 spiro atoms. The lowest BCUT2D eigenvalue weighted by Crippen LogP contribution is -2.16. The van der Waals surface area contributed by atoms with Crippen molar-refractivity contribution in [2.45, 2.75) is 32.6 Å². The topological polar surface area (TPSA) is 38.3 Å². The Labute approximate surface area is 111 Å². The second-order valence-corrected chi connectivity index (χ2v) is 5.40. The zero-order chi connectivity index (χ0) is 13.1. The number of amides is 1. The van der Waals surface area contributed by atoms with Gasteiger partial charge in [0.1, 0.15) is 0 Å². The van der Waals surface area contributed by atoms with Crippen LogP contribution in [0, 0.1) is 0 Å². The van der Waals surface area contributed by atoms with Crippen molar-refractivity contribution in [1.29, 1.82) is 0 Å². The summed E-state index contributed by atoms with van der Waals surface area (Å²) in [5.74, 6) is 0. The summed E-state index contributed by atoms with van der Waals surface area (Å²) in [5.41, 5.74) is 2.08. The number of carbonyl (C=O) groups excluding carboxylic acids is 1. The molecule has 0 saturated carbocycles. The van der Waals surface area contributed by atoms with Crippen molar-refractivity contribution in [3.63, 3.8) is 0 Å². The van der Waals surface area contributed by atoms with Crippen LogP contribution in [0.4, 0.5) is 10.5 Å². The van der Waals surface area contributed by atoms with Crippen molar-refractivity contribution in [3.8, 4) is 0 Å². The Morgan fingerprint density at radius 2 is 2.12 bits per heavy atom. The largest absolute Gasteiger partial charge is 0.453 e. The fourth-order valence-corrected chi connectivity index (χ4v) is 1.88. The average molecular weight is 300 g/mol. The number of hydrogen-bond acceptors (Lipinski definition) is 2. The van der Waals surface area contributed by atoms with Gasteiger partial charge < -0.3 is 4.74 Å². The normalized spacial score (nSPS) is 11.1. The molecule has 0 aliphatic heterocycles. The lowest BCUT2D eigenvalue weighted by molar-refractivity contribution is 0.187. The molecule has 1 aromatic carbocycles. The van der Waals surface area contributed by atoms with Gasteiger partial charge in [0, 0.05) is 4.47 Å². The first-order valence-corrected chi connectivity index (χ1v) is 6.35. The minimum Gasteiger partial charge on any atom is -0.453 e. The highest BCUT2D eigenvalue weighted by Gasteiger charge is 2.19. The summed E-state index contributed by atoms with van der Waals surface area (Å²) in [5, 5.41) is 2.65. The Morgan fingerprint density at radius 3 is 2.59 bits per heavy atom. The molecule has 0 radical (unpaired) electrons. The van der Waals surface area contributed by atoms with Crippen molar-refractivity contribution in [1.82, 2.24) is 0 Å². The van der Waals surface area contributed by atoms with Gasteiger partial charge in [0.25, 0.3) is 0 Å². The molecular formula is C13H18BrNO2. The van der Waals surface area contributed by atoms with E-state index in [-0.39, 0.29) is 5.41 Å². The minimum atomic E-state index is -0.465. The molecule has 0 atom stereocenters. The van der Waals surface area contributed by atoms with Gasteiger partial charge in [0.05, 0.1) is 12.8 Å². The predicted octanol–water partition coefficient (Wildman–Crippen LogP) is 4.32. The lowest BCUT2D eigenvalue weighted by Gasteiger charge is -2.24. The molecule has 0 aliphatic rings. The van der Waals surface area contributed by atoms with Crippen molar-refractivity contribution >= 4 is 27.7 Å². The Kier molecular flexibility index (Phi) is 4.57. The van der Waals surface area contributed by atoms with Crippen LogP contribution in [0.15, 0.2) is 22.7 Å². The van der Waals surface area contributed by atoms with Gasteiger partial charge in [-0.1, -0.05) is 26.8 Å². The molecule has 0 saturated heterocycles. The Bertz CT molecular complexity index is 416. The number of rotatable bonds is 3. The second-order valence-electron chi connectivity index (χ2n) is 4.55. The van der Waals surface area contributed by atoms with E-state index in [1.165, 1.54) is 12.7 Å². The third kappa shape index (κ3) is 3.46. The van der Waals surface area contributed by atoms with E-state index in [2.05, 4.69) is 46.8 Å². The van der Waals surface area contributed by atoms with E-state index in [4.69, 9.17) is 0 Å². The first-order valence-electron chi connectivity index (χ1n) is 5.55. The van der Waals surface area contributed by atoms with Gasteiger partial charge in [0.15, 0.2) is 0 Å². The third-order valence-corrected chi connectivity index (χ3v) is 3.71. The van der Waals surface area contributed by atoms with Gasteiger partial charge in [-0.3, -0.25) is 5.32 Å². The van der Waals surface area contributed by atoms with Gasteiger partial charge in [-0.2, -0.15) is 0 Å². The summed E-state index contributed by atoms with van der Waals surface area (Å²) in [6, 6.07) is 5.95. The van der Waals surface area contributed by atoms with Crippen molar-refractivity contribution < 1.29 is 9.53 Å². The first-order chi connectivity index (χ1) is 7.90. The fourth-order valence-electron chi connectivity index (χ4n) is 1.40. The molecule has 0 fully saturated rings. The molecule has 1 rings (SSSR count). The molecule has 3 nitrogen and oxygen atoms in total. The van der Waals surface area contributed by atoms with Crippen LogP contribution in [0.1, 0.15) is 32.8 Å².